The molecule has 0 bridgehead atoms. The molecular weight excluding hydrogens is 154 g/mol. The van der Waals surface area contributed by atoms with Gasteiger partial charge in [-0.1, -0.05) is 0 Å². The third-order valence-corrected chi connectivity index (χ3v) is 1.85. The second-order valence-electron chi connectivity index (χ2n) is 2.77. The van der Waals surface area contributed by atoms with E-state index < -0.39 is 0 Å². The topological polar surface area (TPSA) is 71.8 Å². The number of aryl methyl sites for hydroxylation is 2. The molecule has 0 radical (unpaired) electrons. The Morgan fingerprint density at radius 2 is 2.17 bits per heavy atom. The van der Waals surface area contributed by atoms with Gasteiger partial charge in [-0.25, -0.2) is 4.79 Å². The van der Waals surface area contributed by atoms with E-state index in [1.54, 1.807) is 0 Å². The molecule has 4 heteroatoms. The van der Waals surface area contributed by atoms with Crippen molar-refractivity contribution in [2.45, 2.75) is 20.3 Å². The number of nitrogens with zero attached hydrogens (tertiary/aromatic N) is 1. The normalized spacial score (nSPS) is 10.2. The zero-order valence-electron chi connectivity index (χ0n) is 7.35. The maximum absolute atomic E-state index is 10.9. The van der Waals surface area contributed by atoms with Crippen molar-refractivity contribution in [3.63, 3.8) is 0 Å². The molecule has 4 nitrogen and oxygen atoms in total. The average Bonchev–Trinajstić information content (AvgIpc) is 1.96. The molecule has 0 unspecified atom stereocenters. The number of aromatic nitrogens is 2. The first-order valence-electron chi connectivity index (χ1n) is 3.91. The Balaban J connectivity index is 3.18. The molecule has 1 aromatic heterocycles. The maximum atomic E-state index is 10.9. The number of hydrogen-bond donors (Lipinski definition) is 2. The maximum Gasteiger partial charge on any atom is 0.345 e. The van der Waals surface area contributed by atoms with E-state index in [4.69, 9.17) is 5.73 Å². The predicted molar refractivity (Wildman–Crippen MR) is 47.1 cm³/mol. The SMILES string of the molecule is Cc1nc(=O)[nH]c(C)c1CCN. The van der Waals surface area contributed by atoms with Crippen molar-refractivity contribution in [2.24, 2.45) is 5.73 Å². The van der Waals surface area contributed by atoms with Crippen LogP contribution in [-0.2, 0) is 6.42 Å². The summed E-state index contributed by atoms with van der Waals surface area (Å²) < 4.78 is 0. The van der Waals surface area contributed by atoms with Crippen molar-refractivity contribution in [1.29, 1.82) is 0 Å². The van der Waals surface area contributed by atoms with E-state index in [1.165, 1.54) is 0 Å². The summed E-state index contributed by atoms with van der Waals surface area (Å²) in [5.41, 5.74) is 7.84. The fourth-order valence-electron chi connectivity index (χ4n) is 1.27. The van der Waals surface area contributed by atoms with Crippen LogP contribution in [0.2, 0.25) is 0 Å². The van der Waals surface area contributed by atoms with Crippen LogP contribution < -0.4 is 11.4 Å². The van der Waals surface area contributed by atoms with Gasteiger partial charge in [0.25, 0.3) is 0 Å². The van der Waals surface area contributed by atoms with Gasteiger partial charge in [0.05, 0.1) is 0 Å². The molecule has 3 N–H and O–H groups in total. The number of rotatable bonds is 2. The Labute approximate surface area is 70.8 Å². The van der Waals surface area contributed by atoms with Gasteiger partial charge in [-0.05, 0) is 32.4 Å². The van der Waals surface area contributed by atoms with Crippen LogP contribution in [0.4, 0.5) is 0 Å². The molecule has 0 spiro atoms. The quantitative estimate of drug-likeness (QED) is 0.645. The first-order chi connectivity index (χ1) is 5.65. The van der Waals surface area contributed by atoms with Gasteiger partial charge in [0.15, 0.2) is 0 Å². The summed E-state index contributed by atoms with van der Waals surface area (Å²) in [6, 6.07) is 0. The molecule has 0 aromatic carbocycles. The fourth-order valence-corrected chi connectivity index (χ4v) is 1.27. The Morgan fingerprint density at radius 1 is 1.50 bits per heavy atom. The smallest absolute Gasteiger partial charge is 0.330 e. The number of nitrogens with two attached hydrogens (primary N) is 1. The minimum absolute atomic E-state index is 0.286. The van der Waals surface area contributed by atoms with Crippen molar-refractivity contribution >= 4 is 0 Å². The predicted octanol–water partition coefficient (Wildman–Crippen LogP) is -0.112. The zero-order valence-corrected chi connectivity index (χ0v) is 7.35. The lowest BCUT2D eigenvalue weighted by Gasteiger charge is -2.05. The first kappa shape index (κ1) is 8.93. The number of hydrogen-bond acceptors (Lipinski definition) is 3. The van der Waals surface area contributed by atoms with Crippen LogP contribution in [0, 0.1) is 13.8 Å². The van der Waals surface area contributed by atoms with E-state index in [-0.39, 0.29) is 5.69 Å². The molecule has 1 aromatic rings. The molecular formula is C8H13N3O. The molecule has 0 aliphatic carbocycles. The molecule has 0 aliphatic heterocycles. The minimum atomic E-state index is -0.286. The van der Waals surface area contributed by atoms with Gasteiger partial charge in [-0.2, -0.15) is 4.98 Å². The van der Waals surface area contributed by atoms with E-state index in [0.29, 0.717) is 6.54 Å². The van der Waals surface area contributed by atoms with Crippen LogP contribution in [0.1, 0.15) is 17.0 Å². The second kappa shape index (κ2) is 3.49. The molecule has 0 fully saturated rings. The summed E-state index contributed by atoms with van der Waals surface area (Å²) in [5.74, 6) is 0. The highest BCUT2D eigenvalue weighted by Gasteiger charge is 2.03. The summed E-state index contributed by atoms with van der Waals surface area (Å²) in [7, 11) is 0. The van der Waals surface area contributed by atoms with Gasteiger partial charge in [-0.3, -0.25) is 0 Å². The zero-order chi connectivity index (χ0) is 9.14. The number of aromatic amines is 1. The molecule has 0 saturated heterocycles. The number of nitrogens with one attached hydrogen (secondary N) is 1. The third-order valence-electron chi connectivity index (χ3n) is 1.85. The van der Waals surface area contributed by atoms with E-state index in [0.717, 1.165) is 23.4 Å². The van der Waals surface area contributed by atoms with Crippen molar-refractivity contribution in [3.05, 3.63) is 27.4 Å². The van der Waals surface area contributed by atoms with Crippen molar-refractivity contribution in [3.8, 4) is 0 Å². The summed E-state index contributed by atoms with van der Waals surface area (Å²) in [4.78, 5) is 17.3. The lowest BCUT2D eigenvalue weighted by atomic mass is 10.1. The molecule has 1 heterocycles. The Hall–Kier alpha value is -1.16. The van der Waals surface area contributed by atoms with Crippen molar-refractivity contribution in [2.75, 3.05) is 6.54 Å². The van der Waals surface area contributed by atoms with E-state index >= 15 is 0 Å². The monoisotopic (exact) mass is 167 g/mol. The van der Waals surface area contributed by atoms with Crippen LogP contribution in [0.5, 0.6) is 0 Å². The van der Waals surface area contributed by atoms with E-state index in [9.17, 15) is 4.79 Å². The van der Waals surface area contributed by atoms with E-state index in [2.05, 4.69) is 9.97 Å². The van der Waals surface area contributed by atoms with Crippen LogP contribution >= 0.6 is 0 Å². The molecule has 12 heavy (non-hydrogen) atoms. The van der Waals surface area contributed by atoms with Gasteiger partial charge >= 0.3 is 5.69 Å². The largest absolute Gasteiger partial charge is 0.345 e. The van der Waals surface area contributed by atoms with Crippen LogP contribution in [-0.4, -0.2) is 16.5 Å². The highest BCUT2D eigenvalue weighted by molar-refractivity contribution is 5.22. The molecule has 1 rings (SSSR count). The van der Waals surface area contributed by atoms with Gasteiger partial charge in [0.2, 0.25) is 0 Å². The van der Waals surface area contributed by atoms with Gasteiger partial charge in [0.1, 0.15) is 0 Å². The Morgan fingerprint density at radius 3 is 2.67 bits per heavy atom. The number of H-pyrrole nitrogens is 1. The molecule has 0 amide bonds. The van der Waals surface area contributed by atoms with Crippen molar-refractivity contribution in [1.82, 2.24) is 9.97 Å². The molecule has 66 valence electrons. The highest BCUT2D eigenvalue weighted by Crippen LogP contribution is 2.05. The standard InChI is InChI=1S/C8H13N3O/c1-5-7(3-4-9)6(2)11-8(12)10-5/h3-4,9H2,1-2H3,(H,10,11,12). The lowest BCUT2D eigenvalue weighted by molar-refractivity contribution is 0.874. The van der Waals surface area contributed by atoms with Gasteiger partial charge < -0.3 is 10.7 Å². The summed E-state index contributed by atoms with van der Waals surface area (Å²) in [6.45, 7) is 4.27. The second-order valence-corrected chi connectivity index (χ2v) is 2.77. The summed E-state index contributed by atoms with van der Waals surface area (Å²) in [5, 5.41) is 0. The van der Waals surface area contributed by atoms with Gasteiger partial charge in [-0.15, -0.1) is 0 Å². The molecule has 0 atom stereocenters. The average molecular weight is 167 g/mol. The van der Waals surface area contributed by atoms with Gasteiger partial charge in [0, 0.05) is 11.4 Å². The first-order valence-corrected chi connectivity index (χ1v) is 3.91. The molecule has 0 saturated carbocycles. The summed E-state index contributed by atoms with van der Waals surface area (Å²) >= 11 is 0. The van der Waals surface area contributed by atoms with Crippen LogP contribution in [0.25, 0.3) is 0 Å². The Bertz CT molecular complexity index is 303. The fraction of sp³-hybridized carbons (Fsp3) is 0.500. The minimum Gasteiger partial charge on any atom is -0.330 e. The Kier molecular flexibility index (Phi) is 2.60. The molecule has 0 aliphatic rings. The third kappa shape index (κ3) is 1.71. The van der Waals surface area contributed by atoms with Crippen LogP contribution in [0.15, 0.2) is 4.79 Å². The van der Waals surface area contributed by atoms with Crippen LogP contribution in [0.3, 0.4) is 0 Å². The highest BCUT2D eigenvalue weighted by atomic mass is 16.1. The lowest BCUT2D eigenvalue weighted by Crippen LogP contribution is -2.17. The summed E-state index contributed by atoms with van der Waals surface area (Å²) in [6.07, 6.45) is 0.765. The van der Waals surface area contributed by atoms with Crippen molar-refractivity contribution < 1.29 is 0 Å². The van der Waals surface area contributed by atoms with E-state index in [1.807, 2.05) is 13.8 Å².